The van der Waals surface area contributed by atoms with Crippen molar-refractivity contribution in [2.24, 2.45) is 5.92 Å². The Hall–Kier alpha value is -3.65. The fraction of sp³-hybridized carbons (Fsp3) is 0.333. The average Bonchev–Trinajstić information content (AvgIpc) is 3.00. The molecular formula is C30H38O11S. The van der Waals surface area contributed by atoms with Gasteiger partial charge in [-0.2, -0.15) is 8.42 Å². The van der Waals surface area contributed by atoms with Crippen molar-refractivity contribution < 1.29 is 52.1 Å². The molecule has 4 N–H and O–H groups in total. The van der Waals surface area contributed by atoms with Gasteiger partial charge in [0.15, 0.2) is 0 Å². The first-order valence-corrected chi connectivity index (χ1v) is 14.3. The number of carbonyl (C=O) groups is 2. The highest BCUT2D eigenvalue weighted by molar-refractivity contribution is 7.86. The van der Waals surface area contributed by atoms with Crippen molar-refractivity contribution in [2.45, 2.75) is 30.8 Å². The number of carboxylic acids is 2. The van der Waals surface area contributed by atoms with E-state index in [9.17, 15) is 28.2 Å². The Morgan fingerprint density at radius 1 is 0.786 bits per heavy atom. The van der Waals surface area contributed by atoms with Crippen LogP contribution in [0.1, 0.15) is 39.1 Å². The number of rotatable bonds is 14. The van der Waals surface area contributed by atoms with E-state index in [1.807, 2.05) is 6.92 Å². The second-order valence-corrected chi connectivity index (χ2v) is 10.4. The molecule has 0 fully saturated rings. The maximum atomic E-state index is 12.0. The summed E-state index contributed by atoms with van der Waals surface area (Å²) in [4.78, 5) is 20.5. The molecule has 0 unspecified atom stereocenters. The third kappa shape index (κ3) is 14.3. The first kappa shape index (κ1) is 36.4. The molecule has 12 heteroatoms. The summed E-state index contributed by atoms with van der Waals surface area (Å²) in [6.45, 7) is 1.45. The van der Waals surface area contributed by atoms with E-state index in [0.29, 0.717) is 24.0 Å². The predicted octanol–water partition coefficient (Wildman–Crippen LogP) is 3.84. The van der Waals surface area contributed by atoms with Crippen LogP contribution < -0.4 is 0 Å². The Bertz CT molecular complexity index is 1220. The van der Waals surface area contributed by atoms with Gasteiger partial charge >= 0.3 is 11.9 Å². The monoisotopic (exact) mass is 606 g/mol. The SMILES string of the molecule is COCO[C@H](CO)[C@H](CO)CCCOS(=O)(=O)c1ccc(C)cc1.O=C(O)c1ccccc1.O=C(O)c1ccccc1. The maximum absolute atomic E-state index is 12.0. The maximum Gasteiger partial charge on any atom is 0.335 e. The fourth-order valence-electron chi connectivity index (χ4n) is 3.34. The van der Waals surface area contributed by atoms with Gasteiger partial charge in [0, 0.05) is 19.6 Å². The Morgan fingerprint density at radius 3 is 1.67 bits per heavy atom. The highest BCUT2D eigenvalue weighted by atomic mass is 32.2. The molecule has 0 aliphatic carbocycles. The normalized spacial score (nSPS) is 12.1. The van der Waals surface area contributed by atoms with Crippen molar-refractivity contribution in [3.63, 3.8) is 0 Å². The Labute approximate surface area is 246 Å². The molecule has 0 spiro atoms. The first-order valence-electron chi connectivity index (χ1n) is 12.9. The quantitative estimate of drug-likeness (QED) is 0.119. The van der Waals surface area contributed by atoms with Gasteiger partial charge in [0.1, 0.15) is 6.79 Å². The molecular weight excluding hydrogens is 568 g/mol. The van der Waals surface area contributed by atoms with Crippen LogP contribution in [0.4, 0.5) is 0 Å². The topological polar surface area (TPSA) is 177 Å². The van der Waals surface area contributed by atoms with Gasteiger partial charge in [0.2, 0.25) is 0 Å². The number of aryl methyl sites for hydroxylation is 1. The summed E-state index contributed by atoms with van der Waals surface area (Å²) >= 11 is 0. The van der Waals surface area contributed by atoms with Crippen LogP contribution in [-0.4, -0.2) is 80.6 Å². The number of ether oxygens (including phenoxy) is 2. The van der Waals surface area contributed by atoms with Gasteiger partial charge < -0.3 is 29.9 Å². The molecule has 0 aliphatic heterocycles. The second kappa shape index (κ2) is 20.3. The van der Waals surface area contributed by atoms with E-state index < -0.39 is 28.2 Å². The number of aliphatic hydroxyl groups is 2. The molecule has 0 saturated heterocycles. The van der Waals surface area contributed by atoms with Crippen LogP contribution in [0, 0.1) is 12.8 Å². The number of carboxylic acid groups (broad SMARTS) is 2. The van der Waals surface area contributed by atoms with E-state index in [1.54, 1.807) is 72.8 Å². The molecule has 0 heterocycles. The third-order valence-electron chi connectivity index (χ3n) is 5.65. The minimum atomic E-state index is -3.78. The lowest BCUT2D eigenvalue weighted by Crippen LogP contribution is -2.31. The summed E-state index contributed by atoms with van der Waals surface area (Å²) in [5.74, 6) is -2.08. The summed E-state index contributed by atoms with van der Waals surface area (Å²) in [5.41, 5.74) is 1.63. The van der Waals surface area contributed by atoms with Crippen LogP contribution in [0.25, 0.3) is 0 Å². The lowest BCUT2D eigenvalue weighted by molar-refractivity contribution is -0.115. The molecule has 2 atom stereocenters. The smallest absolute Gasteiger partial charge is 0.335 e. The van der Waals surface area contributed by atoms with Crippen LogP contribution in [0.2, 0.25) is 0 Å². The van der Waals surface area contributed by atoms with E-state index >= 15 is 0 Å². The molecule has 3 aromatic carbocycles. The van der Waals surface area contributed by atoms with Crippen molar-refractivity contribution in [3.05, 3.63) is 102 Å². The summed E-state index contributed by atoms with van der Waals surface area (Å²) < 4.78 is 39.1. The molecule has 0 radical (unpaired) electrons. The van der Waals surface area contributed by atoms with Crippen molar-refractivity contribution in [2.75, 3.05) is 33.7 Å². The van der Waals surface area contributed by atoms with Gasteiger partial charge in [-0.25, -0.2) is 9.59 Å². The van der Waals surface area contributed by atoms with Crippen LogP contribution in [0.15, 0.2) is 89.8 Å². The minimum Gasteiger partial charge on any atom is -0.478 e. The van der Waals surface area contributed by atoms with Crippen LogP contribution >= 0.6 is 0 Å². The van der Waals surface area contributed by atoms with Gasteiger partial charge in [0.05, 0.1) is 35.3 Å². The number of aromatic carboxylic acids is 2. The summed E-state index contributed by atoms with van der Waals surface area (Å²) in [6.07, 6.45) is 0.293. The van der Waals surface area contributed by atoms with E-state index in [4.69, 9.17) is 23.9 Å². The molecule has 3 aromatic rings. The fourth-order valence-corrected chi connectivity index (χ4v) is 4.28. The zero-order valence-electron chi connectivity index (χ0n) is 23.5. The Morgan fingerprint density at radius 2 is 1.29 bits per heavy atom. The molecule has 0 saturated carbocycles. The van der Waals surface area contributed by atoms with Gasteiger partial charge in [-0.05, 0) is 56.2 Å². The number of methoxy groups -OCH3 is 1. The van der Waals surface area contributed by atoms with Crippen LogP contribution in [0.5, 0.6) is 0 Å². The van der Waals surface area contributed by atoms with Gasteiger partial charge in [0.25, 0.3) is 10.1 Å². The number of aliphatic hydroxyl groups excluding tert-OH is 2. The van der Waals surface area contributed by atoms with Crippen molar-refractivity contribution >= 4 is 22.1 Å². The molecule has 3 rings (SSSR count). The lowest BCUT2D eigenvalue weighted by Gasteiger charge is -2.23. The summed E-state index contributed by atoms with van der Waals surface area (Å²) in [7, 11) is -2.32. The molecule has 0 aliphatic rings. The standard InChI is InChI=1S/C16H26O7S.2C7H6O2/c1-13-5-7-15(8-6-13)24(19,20)23-9-3-4-14(10-17)16(11-18)22-12-21-2;2*8-7(9)6-4-2-1-3-5-6/h5-8,14,16-18H,3-4,9-12H2,1-2H3;2*1-5H,(H,8,9)/t14-,16+;;/m0../s1. The first-order chi connectivity index (χ1) is 20.0. The molecule has 42 heavy (non-hydrogen) atoms. The lowest BCUT2D eigenvalue weighted by atomic mass is 9.98. The van der Waals surface area contributed by atoms with Crippen molar-refractivity contribution in [1.29, 1.82) is 0 Å². The number of hydrogen-bond donors (Lipinski definition) is 4. The van der Waals surface area contributed by atoms with Gasteiger partial charge in [-0.3, -0.25) is 4.18 Å². The van der Waals surface area contributed by atoms with Gasteiger partial charge in [-0.15, -0.1) is 0 Å². The van der Waals surface area contributed by atoms with E-state index in [1.165, 1.54) is 19.2 Å². The zero-order valence-corrected chi connectivity index (χ0v) is 24.4. The molecule has 230 valence electrons. The minimum absolute atomic E-state index is 0.00483. The van der Waals surface area contributed by atoms with Gasteiger partial charge in [-0.1, -0.05) is 54.1 Å². The highest BCUT2D eigenvalue weighted by Crippen LogP contribution is 2.17. The molecule has 0 aromatic heterocycles. The Kier molecular flexibility index (Phi) is 17.6. The third-order valence-corrected chi connectivity index (χ3v) is 6.98. The number of benzene rings is 3. The van der Waals surface area contributed by atoms with Crippen LogP contribution in [-0.2, 0) is 23.8 Å². The number of hydrogen-bond acceptors (Lipinski definition) is 9. The van der Waals surface area contributed by atoms with E-state index in [0.717, 1.165) is 5.56 Å². The van der Waals surface area contributed by atoms with Crippen LogP contribution in [0.3, 0.4) is 0 Å². The second-order valence-electron chi connectivity index (χ2n) is 8.81. The molecule has 11 nitrogen and oxygen atoms in total. The van der Waals surface area contributed by atoms with Crippen molar-refractivity contribution in [1.82, 2.24) is 0 Å². The zero-order chi connectivity index (χ0) is 31.4. The average molecular weight is 607 g/mol. The van der Waals surface area contributed by atoms with E-state index in [-0.39, 0.29) is 37.4 Å². The summed E-state index contributed by atoms with van der Waals surface area (Å²) in [6, 6.07) is 23.0. The summed E-state index contributed by atoms with van der Waals surface area (Å²) in [5, 5.41) is 35.5. The predicted molar refractivity (Wildman–Crippen MR) is 155 cm³/mol. The van der Waals surface area contributed by atoms with E-state index in [2.05, 4.69) is 0 Å². The largest absolute Gasteiger partial charge is 0.478 e. The molecule has 0 bridgehead atoms. The highest BCUT2D eigenvalue weighted by Gasteiger charge is 2.21. The van der Waals surface area contributed by atoms with Crippen molar-refractivity contribution in [3.8, 4) is 0 Å². The Balaban J connectivity index is 0.000000395. The molecule has 0 amide bonds.